The molecule has 1 saturated heterocycles. The molecule has 1 aliphatic heterocycles. The first-order chi connectivity index (χ1) is 12.6. The molecule has 1 fully saturated rings. The highest BCUT2D eigenvalue weighted by Gasteiger charge is 2.15. The van der Waals surface area contributed by atoms with Crippen LogP contribution in [-0.4, -0.2) is 30.0 Å². The number of amides is 1. The van der Waals surface area contributed by atoms with Crippen molar-refractivity contribution in [2.75, 3.05) is 13.1 Å². The van der Waals surface area contributed by atoms with Crippen LogP contribution >= 0.6 is 11.6 Å². The van der Waals surface area contributed by atoms with E-state index in [4.69, 9.17) is 16.3 Å². The molecule has 0 saturated carbocycles. The zero-order chi connectivity index (χ0) is 18.4. The number of hydrogen-bond donors (Lipinski definition) is 1. The molecule has 1 amide bonds. The van der Waals surface area contributed by atoms with Gasteiger partial charge in [-0.15, -0.1) is 0 Å². The van der Waals surface area contributed by atoms with Gasteiger partial charge in [-0.2, -0.15) is 0 Å². The zero-order valence-electron chi connectivity index (χ0n) is 15.1. The van der Waals surface area contributed by atoms with E-state index < -0.39 is 6.10 Å². The maximum absolute atomic E-state index is 12.3. The van der Waals surface area contributed by atoms with E-state index in [2.05, 4.69) is 28.4 Å². The van der Waals surface area contributed by atoms with Gasteiger partial charge in [0.15, 0.2) is 6.10 Å². The molecule has 1 atom stereocenters. The number of carbonyl (C=O) groups is 1. The predicted octanol–water partition coefficient (Wildman–Crippen LogP) is 4.02. The van der Waals surface area contributed by atoms with Crippen LogP contribution in [0.1, 0.15) is 30.9 Å². The summed E-state index contributed by atoms with van der Waals surface area (Å²) in [6.45, 7) is 5.59. The van der Waals surface area contributed by atoms with Gasteiger partial charge in [0.1, 0.15) is 5.75 Å². The van der Waals surface area contributed by atoms with E-state index in [9.17, 15) is 4.79 Å². The molecule has 0 aromatic heterocycles. The van der Waals surface area contributed by atoms with Crippen LogP contribution < -0.4 is 10.1 Å². The fraction of sp³-hybridized carbons (Fsp3) is 0.381. The van der Waals surface area contributed by atoms with Gasteiger partial charge in [-0.05, 0) is 68.2 Å². The van der Waals surface area contributed by atoms with Crippen molar-refractivity contribution < 1.29 is 9.53 Å². The van der Waals surface area contributed by atoms with Crippen LogP contribution in [0.4, 0.5) is 0 Å². The van der Waals surface area contributed by atoms with Crippen LogP contribution in [0.15, 0.2) is 48.5 Å². The number of rotatable bonds is 7. The van der Waals surface area contributed by atoms with Gasteiger partial charge in [-0.25, -0.2) is 0 Å². The average molecular weight is 373 g/mol. The van der Waals surface area contributed by atoms with Crippen LogP contribution in [-0.2, 0) is 17.9 Å². The van der Waals surface area contributed by atoms with E-state index in [0.29, 0.717) is 17.3 Å². The van der Waals surface area contributed by atoms with Crippen molar-refractivity contribution in [1.82, 2.24) is 10.2 Å². The molecule has 0 aliphatic carbocycles. The molecule has 0 spiro atoms. The Balaban J connectivity index is 1.49. The van der Waals surface area contributed by atoms with Crippen molar-refractivity contribution in [3.05, 3.63) is 64.7 Å². The quantitative estimate of drug-likeness (QED) is 0.798. The average Bonchev–Trinajstić information content (AvgIpc) is 3.15. The lowest BCUT2D eigenvalue weighted by atomic mass is 10.1. The molecule has 4 nitrogen and oxygen atoms in total. The molecule has 1 unspecified atom stereocenters. The molecule has 2 aromatic carbocycles. The standard InChI is InChI=1S/C21H25ClN2O2/c1-16(26-20-9-7-19(22)8-10-20)21(25)23-14-17-5-4-6-18(13-17)15-24-11-2-3-12-24/h4-10,13,16H,2-3,11-12,14-15H2,1H3,(H,23,25). The van der Waals surface area contributed by atoms with E-state index in [0.717, 1.165) is 12.1 Å². The van der Waals surface area contributed by atoms with E-state index in [1.165, 1.54) is 31.5 Å². The Hall–Kier alpha value is -2.04. The van der Waals surface area contributed by atoms with Gasteiger partial charge in [-0.3, -0.25) is 9.69 Å². The second-order valence-corrected chi connectivity index (χ2v) is 7.17. The number of benzene rings is 2. The van der Waals surface area contributed by atoms with Gasteiger partial charge < -0.3 is 10.1 Å². The van der Waals surface area contributed by atoms with Gasteiger partial charge in [0, 0.05) is 18.1 Å². The minimum absolute atomic E-state index is 0.134. The number of carbonyl (C=O) groups excluding carboxylic acids is 1. The van der Waals surface area contributed by atoms with Crippen molar-refractivity contribution in [1.29, 1.82) is 0 Å². The van der Waals surface area contributed by atoms with Gasteiger partial charge in [0.2, 0.25) is 0 Å². The van der Waals surface area contributed by atoms with E-state index in [-0.39, 0.29) is 5.91 Å². The number of hydrogen-bond acceptors (Lipinski definition) is 3. The molecular weight excluding hydrogens is 348 g/mol. The molecule has 1 N–H and O–H groups in total. The van der Waals surface area contributed by atoms with Gasteiger partial charge in [-0.1, -0.05) is 35.9 Å². The summed E-state index contributed by atoms with van der Waals surface area (Å²) in [6, 6.07) is 15.4. The van der Waals surface area contributed by atoms with Crippen LogP contribution in [0.3, 0.4) is 0 Å². The zero-order valence-corrected chi connectivity index (χ0v) is 15.8. The highest BCUT2D eigenvalue weighted by atomic mass is 35.5. The second kappa shape index (κ2) is 9.06. The minimum atomic E-state index is -0.566. The Morgan fingerprint density at radius 2 is 1.85 bits per heavy atom. The van der Waals surface area contributed by atoms with Crippen molar-refractivity contribution in [3.63, 3.8) is 0 Å². The van der Waals surface area contributed by atoms with Crippen molar-refractivity contribution in [3.8, 4) is 5.75 Å². The Bertz CT molecular complexity index is 727. The molecule has 1 aliphatic rings. The summed E-state index contributed by atoms with van der Waals surface area (Å²) in [5.41, 5.74) is 2.40. The largest absolute Gasteiger partial charge is 0.481 e. The fourth-order valence-electron chi connectivity index (χ4n) is 3.14. The molecule has 1 heterocycles. The minimum Gasteiger partial charge on any atom is -0.481 e. The summed E-state index contributed by atoms with van der Waals surface area (Å²) < 4.78 is 5.65. The molecule has 5 heteroatoms. The first-order valence-corrected chi connectivity index (χ1v) is 9.48. The molecule has 0 radical (unpaired) electrons. The lowest BCUT2D eigenvalue weighted by molar-refractivity contribution is -0.127. The van der Waals surface area contributed by atoms with E-state index in [1.807, 2.05) is 6.07 Å². The number of ether oxygens (including phenoxy) is 1. The highest BCUT2D eigenvalue weighted by molar-refractivity contribution is 6.30. The third-order valence-electron chi connectivity index (χ3n) is 4.56. The maximum atomic E-state index is 12.3. The van der Waals surface area contributed by atoms with Crippen molar-refractivity contribution in [2.45, 2.75) is 39.0 Å². The highest BCUT2D eigenvalue weighted by Crippen LogP contribution is 2.17. The normalized spacial score (nSPS) is 15.6. The summed E-state index contributed by atoms with van der Waals surface area (Å²) in [5.74, 6) is 0.495. The Morgan fingerprint density at radius 1 is 1.15 bits per heavy atom. The van der Waals surface area contributed by atoms with Crippen molar-refractivity contribution >= 4 is 17.5 Å². The van der Waals surface area contributed by atoms with E-state index in [1.54, 1.807) is 31.2 Å². The molecule has 0 bridgehead atoms. The number of likely N-dealkylation sites (tertiary alicyclic amines) is 1. The van der Waals surface area contributed by atoms with Crippen LogP contribution in [0.25, 0.3) is 0 Å². The predicted molar refractivity (Wildman–Crippen MR) is 104 cm³/mol. The number of nitrogens with one attached hydrogen (secondary N) is 1. The molecule has 3 rings (SSSR count). The fourth-order valence-corrected chi connectivity index (χ4v) is 3.27. The lowest BCUT2D eigenvalue weighted by Gasteiger charge is -2.16. The number of nitrogens with zero attached hydrogens (tertiary/aromatic N) is 1. The summed E-state index contributed by atoms with van der Waals surface area (Å²) >= 11 is 5.86. The Morgan fingerprint density at radius 3 is 2.58 bits per heavy atom. The summed E-state index contributed by atoms with van der Waals surface area (Å²) in [5, 5.41) is 3.59. The monoisotopic (exact) mass is 372 g/mol. The molecule has 2 aromatic rings. The first kappa shape index (κ1) is 18.7. The summed E-state index contributed by atoms with van der Waals surface area (Å²) in [6.07, 6.45) is 2.02. The van der Waals surface area contributed by atoms with Crippen LogP contribution in [0, 0.1) is 0 Å². The maximum Gasteiger partial charge on any atom is 0.261 e. The van der Waals surface area contributed by atoms with Gasteiger partial charge in [0.25, 0.3) is 5.91 Å². The molecule has 138 valence electrons. The third kappa shape index (κ3) is 5.48. The van der Waals surface area contributed by atoms with Crippen LogP contribution in [0.2, 0.25) is 5.02 Å². The Labute approximate surface area is 160 Å². The molecular formula is C21H25ClN2O2. The Kier molecular flexibility index (Phi) is 6.53. The molecule has 26 heavy (non-hydrogen) atoms. The second-order valence-electron chi connectivity index (χ2n) is 6.74. The van der Waals surface area contributed by atoms with Gasteiger partial charge >= 0.3 is 0 Å². The lowest BCUT2D eigenvalue weighted by Crippen LogP contribution is -2.35. The smallest absolute Gasteiger partial charge is 0.261 e. The topological polar surface area (TPSA) is 41.6 Å². The van der Waals surface area contributed by atoms with E-state index >= 15 is 0 Å². The SMILES string of the molecule is CC(Oc1ccc(Cl)cc1)C(=O)NCc1cccc(CN2CCCC2)c1. The first-order valence-electron chi connectivity index (χ1n) is 9.10. The number of halogens is 1. The summed E-state index contributed by atoms with van der Waals surface area (Å²) in [4.78, 5) is 14.8. The van der Waals surface area contributed by atoms with Crippen molar-refractivity contribution in [2.24, 2.45) is 0 Å². The van der Waals surface area contributed by atoms with Gasteiger partial charge in [0.05, 0.1) is 0 Å². The third-order valence-corrected chi connectivity index (χ3v) is 4.81. The summed E-state index contributed by atoms with van der Waals surface area (Å²) in [7, 11) is 0. The van der Waals surface area contributed by atoms with Crippen LogP contribution in [0.5, 0.6) is 5.75 Å².